The van der Waals surface area contributed by atoms with Gasteiger partial charge in [0.25, 0.3) is 0 Å². The second-order valence-corrected chi connectivity index (χ2v) is 8.22. The van der Waals surface area contributed by atoms with E-state index in [1.54, 1.807) is 18.4 Å². The van der Waals surface area contributed by atoms with E-state index < -0.39 is 11.3 Å². The van der Waals surface area contributed by atoms with Crippen molar-refractivity contribution in [3.05, 3.63) is 55.7 Å². The minimum Gasteiger partial charge on any atom is -0.422 e. The Balaban J connectivity index is 1.76. The lowest BCUT2D eigenvalue weighted by Crippen LogP contribution is -2.34. The first-order chi connectivity index (χ1) is 14.1. The summed E-state index contributed by atoms with van der Waals surface area (Å²) in [6, 6.07) is 7.27. The quantitative estimate of drug-likeness (QED) is 0.474. The minimum atomic E-state index is -0.745. The fourth-order valence-electron chi connectivity index (χ4n) is 4.48. The summed E-state index contributed by atoms with van der Waals surface area (Å²) < 4.78 is 11.1. The van der Waals surface area contributed by atoms with Gasteiger partial charge in [-0.2, -0.15) is 5.26 Å². The molecule has 0 radical (unpaired) electrons. The highest BCUT2D eigenvalue weighted by Crippen LogP contribution is 2.40. The first kappa shape index (κ1) is 18.1. The molecule has 0 N–H and O–H groups in total. The number of hydrogen-bond donors (Lipinski definition) is 0. The van der Waals surface area contributed by atoms with E-state index in [1.807, 2.05) is 6.07 Å². The van der Waals surface area contributed by atoms with Crippen molar-refractivity contribution >= 4 is 28.4 Å². The Kier molecular flexibility index (Phi) is 4.25. The first-order valence-corrected chi connectivity index (χ1v) is 10.8. The van der Waals surface area contributed by atoms with Crippen LogP contribution in [0.25, 0.3) is 22.3 Å². The van der Waals surface area contributed by atoms with E-state index in [0.717, 1.165) is 49.7 Å². The molecule has 146 valence electrons. The molecule has 3 aromatic rings. The predicted octanol–water partition coefficient (Wildman–Crippen LogP) is 3.71. The second-order valence-electron chi connectivity index (χ2n) is 7.38. The van der Waals surface area contributed by atoms with Crippen LogP contribution in [0.4, 0.5) is 5.69 Å². The van der Waals surface area contributed by atoms with Crippen molar-refractivity contribution in [1.29, 1.82) is 5.26 Å². The normalized spacial score (nSPS) is 15.2. The molecule has 2 aromatic heterocycles. The van der Waals surface area contributed by atoms with Crippen molar-refractivity contribution in [2.45, 2.75) is 30.6 Å². The summed E-state index contributed by atoms with van der Waals surface area (Å²) in [6.45, 7) is 2.09. The Labute approximate surface area is 170 Å². The largest absolute Gasteiger partial charge is 0.422 e. The van der Waals surface area contributed by atoms with E-state index in [4.69, 9.17) is 8.83 Å². The number of hydrogen-bond acceptors (Lipinski definition) is 7. The number of aryl methyl sites for hydroxylation is 2. The summed E-state index contributed by atoms with van der Waals surface area (Å²) in [5.74, 6) is 0.127. The molecule has 4 heterocycles. The summed E-state index contributed by atoms with van der Waals surface area (Å²) in [5.41, 5.74) is 3.12. The van der Waals surface area contributed by atoms with Crippen molar-refractivity contribution in [1.82, 2.24) is 0 Å². The van der Waals surface area contributed by atoms with Gasteiger partial charge in [-0.25, -0.2) is 9.59 Å². The monoisotopic (exact) mass is 406 g/mol. The molecular weight excluding hydrogens is 388 g/mol. The first-order valence-electron chi connectivity index (χ1n) is 9.61. The van der Waals surface area contributed by atoms with E-state index >= 15 is 0 Å². The van der Waals surface area contributed by atoms with Crippen LogP contribution in [-0.4, -0.2) is 19.3 Å². The number of benzene rings is 1. The van der Waals surface area contributed by atoms with Crippen LogP contribution in [0.15, 0.2) is 41.5 Å². The molecule has 6 nitrogen and oxygen atoms in total. The Hall–Kier alpha value is -2.98. The van der Waals surface area contributed by atoms with E-state index in [-0.39, 0.29) is 16.9 Å². The summed E-state index contributed by atoms with van der Waals surface area (Å²) in [4.78, 5) is 27.9. The standard InChI is InChI=1S/C22H18N2O4S/c1-29-18-10-17(27-22(26)16(18)11-23)15-9-13-8-12-4-2-6-24-7-3-5-14(19(12)24)20(13)28-21(15)25/h8-10H,2-7H2,1H3. The van der Waals surface area contributed by atoms with E-state index in [2.05, 4.69) is 11.0 Å². The van der Waals surface area contributed by atoms with Gasteiger partial charge in [-0.15, -0.1) is 11.8 Å². The highest BCUT2D eigenvalue weighted by Gasteiger charge is 2.27. The van der Waals surface area contributed by atoms with Crippen molar-refractivity contribution < 1.29 is 8.83 Å². The molecular formula is C22H18N2O4S. The van der Waals surface area contributed by atoms with Crippen LogP contribution in [0.2, 0.25) is 0 Å². The SMILES string of the molecule is CSc1cc(-c2cc3cc4c5c(c3oc2=O)CCCN5CCC4)oc(=O)c1C#N. The molecule has 0 aliphatic carbocycles. The number of rotatable bonds is 2. The molecule has 0 unspecified atom stereocenters. The molecule has 0 fully saturated rings. The Morgan fingerprint density at radius 2 is 1.86 bits per heavy atom. The van der Waals surface area contributed by atoms with Crippen molar-refractivity contribution in [2.75, 3.05) is 24.2 Å². The lowest BCUT2D eigenvalue weighted by Gasteiger charge is -2.37. The third-order valence-corrected chi connectivity index (χ3v) is 6.49. The van der Waals surface area contributed by atoms with Gasteiger partial charge >= 0.3 is 11.3 Å². The van der Waals surface area contributed by atoms with Gasteiger partial charge < -0.3 is 13.7 Å². The Morgan fingerprint density at radius 1 is 1.07 bits per heavy atom. The zero-order chi connectivity index (χ0) is 20.1. The maximum Gasteiger partial charge on any atom is 0.355 e. The van der Waals surface area contributed by atoms with Crippen molar-refractivity contribution in [3.63, 3.8) is 0 Å². The minimum absolute atomic E-state index is 0.0509. The number of nitrogens with zero attached hydrogens (tertiary/aromatic N) is 2. The molecule has 0 amide bonds. The smallest absolute Gasteiger partial charge is 0.355 e. The van der Waals surface area contributed by atoms with Crippen LogP contribution in [0.1, 0.15) is 29.5 Å². The number of fused-ring (bicyclic) bond motifs is 2. The van der Waals surface area contributed by atoms with Gasteiger partial charge in [0.05, 0.1) is 0 Å². The van der Waals surface area contributed by atoms with Crippen LogP contribution < -0.4 is 16.2 Å². The van der Waals surface area contributed by atoms with Gasteiger partial charge in [-0.1, -0.05) is 0 Å². The highest BCUT2D eigenvalue weighted by molar-refractivity contribution is 7.98. The molecule has 0 saturated carbocycles. The molecule has 0 bridgehead atoms. The fourth-order valence-corrected chi connectivity index (χ4v) is 5.04. The zero-order valence-corrected chi connectivity index (χ0v) is 16.7. The third-order valence-electron chi connectivity index (χ3n) is 5.73. The zero-order valence-electron chi connectivity index (χ0n) is 15.9. The number of nitriles is 1. The molecule has 1 aromatic carbocycles. The average Bonchev–Trinajstić information content (AvgIpc) is 2.73. The topological polar surface area (TPSA) is 87.5 Å². The van der Waals surface area contributed by atoms with Crippen LogP contribution in [-0.2, 0) is 12.8 Å². The molecule has 2 aliphatic heterocycles. The van der Waals surface area contributed by atoms with Gasteiger partial charge in [-0.05, 0) is 55.7 Å². The van der Waals surface area contributed by atoms with E-state index in [0.29, 0.717) is 10.5 Å². The van der Waals surface area contributed by atoms with Crippen LogP contribution in [0.3, 0.4) is 0 Å². The van der Waals surface area contributed by atoms with E-state index in [1.165, 1.54) is 23.0 Å². The Bertz CT molecular complexity index is 1310. The second kappa shape index (κ2) is 6.82. The molecule has 0 spiro atoms. The van der Waals surface area contributed by atoms with Crippen LogP contribution >= 0.6 is 11.8 Å². The summed E-state index contributed by atoms with van der Waals surface area (Å²) >= 11 is 1.26. The lowest BCUT2D eigenvalue weighted by atomic mass is 9.90. The van der Waals surface area contributed by atoms with E-state index in [9.17, 15) is 14.9 Å². The lowest BCUT2D eigenvalue weighted by molar-refractivity contribution is 0.507. The number of anilines is 1. The van der Waals surface area contributed by atoms with Gasteiger partial charge in [-0.3, -0.25) is 0 Å². The van der Waals surface area contributed by atoms with Gasteiger partial charge in [0, 0.05) is 34.6 Å². The van der Waals surface area contributed by atoms with Gasteiger partial charge in [0.1, 0.15) is 23.0 Å². The summed E-state index contributed by atoms with van der Waals surface area (Å²) in [6.07, 6.45) is 5.82. The van der Waals surface area contributed by atoms with Crippen LogP contribution in [0.5, 0.6) is 0 Å². The van der Waals surface area contributed by atoms with Gasteiger partial charge in [0.2, 0.25) is 0 Å². The molecule has 2 aliphatic rings. The third kappa shape index (κ3) is 2.78. The molecule has 0 saturated heterocycles. The van der Waals surface area contributed by atoms with Crippen molar-refractivity contribution in [3.8, 4) is 17.4 Å². The average molecular weight is 406 g/mol. The fraction of sp³-hybridized carbons (Fsp3) is 0.318. The molecule has 29 heavy (non-hydrogen) atoms. The number of thioether (sulfide) groups is 1. The molecule has 7 heteroatoms. The summed E-state index contributed by atoms with van der Waals surface area (Å²) in [5, 5.41) is 10.0. The molecule has 0 atom stereocenters. The van der Waals surface area contributed by atoms with Crippen LogP contribution in [0, 0.1) is 11.3 Å². The Morgan fingerprint density at radius 3 is 2.62 bits per heavy atom. The van der Waals surface area contributed by atoms with Gasteiger partial charge in [0.15, 0.2) is 5.56 Å². The maximum absolute atomic E-state index is 12.8. The summed E-state index contributed by atoms with van der Waals surface area (Å²) in [7, 11) is 0. The highest BCUT2D eigenvalue weighted by atomic mass is 32.2. The molecule has 5 rings (SSSR count). The predicted molar refractivity (Wildman–Crippen MR) is 112 cm³/mol. The van der Waals surface area contributed by atoms with Crippen molar-refractivity contribution in [2.24, 2.45) is 0 Å². The maximum atomic E-state index is 12.8.